The van der Waals surface area contributed by atoms with Crippen molar-refractivity contribution in [3.63, 3.8) is 0 Å². The fraction of sp³-hybridized carbons (Fsp3) is 0.588. The number of hydrogen-bond acceptors (Lipinski definition) is 3. The van der Waals surface area contributed by atoms with Crippen molar-refractivity contribution in [2.24, 2.45) is 0 Å². The second-order valence-electron chi connectivity index (χ2n) is 5.83. The molecule has 2 rings (SSSR count). The molecule has 0 bridgehead atoms. The molecule has 22 heavy (non-hydrogen) atoms. The molecule has 1 aliphatic rings. The Morgan fingerprint density at radius 3 is 2.50 bits per heavy atom. The van der Waals surface area contributed by atoms with E-state index in [-0.39, 0.29) is 17.9 Å². The molecular weight excluding hydrogens is 278 g/mol. The third-order valence-electron chi connectivity index (χ3n) is 3.97. The van der Waals surface area contributed by atoms with Crippen LogP contribution in [0.15, 0.2) is 18.2 Å². The van der Waals surface area contributed by atoms with Crippen LogP contribution in [0.2, 0.25) is 0 Å². The van der Waals surface area contributed by atoms with Crippen LogP contribution in [0.5, 0.6) is 0 Å². The Balaban J connectivity index is 1.90. The van der Waals surface area contributed by atoms with E-state index < -0.39 is 0 Å². The maximum Gasteiger partial charge on any atom is 0.270 e. The van der Waals surface area contributed by atoms with E-state index in [1.165, 1.54) is 12.8 Å². The van der Waals surface area contributed by atoms with Gasteiger partial charge in [-0.05, 0) is 31.4 Å². The van der Waals surface area contributed by atoms with Crippen LogP contribution in [0.3, 0.4) is 0 Å². The topological polar surface area (TPSA) is 71.1 Å². The molecule has 0 saturated heterocycles. The third kappa shape index (κ3) is 4.83. The number of amides is 2. The minimum absolute atomic E-state index is 0.187. The average molecular weight is 303 g/mol. The van der Waals surface area contributed by atoms with Gasteiger partial charge in [-0.15, -0.1) is 0 Å². The number of nitrogens with one attached hydrogen (secondary N) is 2. The first-order valence-corrected chi connectivity index (χ1v) is 8.27. The molecule has 0 aliphatic heterocycles. The van der Waals surface area contributed by atoms with Gasteiger partial charge in [0.2, 0.25) is 0 Å². The van der Waals surface area contributed by atoms with E-state index in [0.717, 1.165) is 32.1 Å². The van der Waals surface area contributed by atoms with Gasteiger partial charge in [-0.3, -0.25) is 9.59 Å². The van der Waals surface area contributed by atoms with Crippen LogP contribution in [0.1, 0.15) is 72.8 Å². The minimum atomic E-state index is -0.216. The summed E-state index contributed by atoms with van der Waals surface area (Å²) >= 11 is 0. The number of nitrogens with zero attached hydrogens (tertiary/aromatic N) is 1. The summed E-state index contributed by atoms with van der Waals surface area (Å²) in [7, 11) is 0. The van der Waals surface area contributed by atoms with Gasteiger partial charge in [-0.25, -0.2) is 4.98 Å². The summed E-state index contributed by atoms with van der Waals surface area (Å²) in [6, 6.07) is 5.25. The molecule has 5 nitrogen and oxygen atoms in total. The van der Waals surface area contributed by atoms with Crippen LogP contribution >= 0.6 is 0 Å². The zero-order chi connectivity index (χ0) is 15.8. The summed E-state index contributed by atoms with van der Waals surface area (Å²) in [6.45, 7) is 2.77. The lowest BCUT2D eigenvalue weighted by molar-refractivity contribution is 0.0931. The van der Waals surface area contributed by atoms with Crippen molar-refractivity contribution in [1.82, 2.24) is 15.6 Å². The molecular formula is C17H25N3O2. The van der Waals surface area contributed by atoms with Crippen LogP contribution in [0.4, 0.5) is 0 Å². The normalized spacial score (nSPS) is 14.8. The van der Waals surface area contributed by atoms with Gasteiger partial charge in [-0.1, -0.05) is 38.7 Å². The van der Waals surface area contributed by atoms with Gasteiger partial charge in [0, 0.05) is 12.6 Å². The van der Waals surface area contributed by atoms with Crippen molar-refractivity contribution in [2.45, 2.75) is 57.9 Å². The Labute approximate surface area is 131 Å². The van der Waals surface area contributed by atoms with Crippen LogP contribution in [-0.4, -0.2) is 29.4 Å². The van der Waals surface area contributed by atoms with Gasteiger partial charge < -0.3 is 10.6 Å². The second-order valence-corrected chi connectivity index (χ2v) is 5.83. The van der Waals surface area contributed by atoms with Gasteiger partial charge in [-0.2, -0.15) is 0 Å². The number of hydrogen-bond donors (Lipinski definition) is 2. The Hall–Kier alpha value is -1.91. The number of rotatable bonds is 7. The third-order valence-corrected chi connectivity index (χ3v) is 3.97. The standard InChI is InChI=1S/C17H25N3O2/c1-2-3-6-12-18-16(21)14-10-7-11-15(20-14)17(22)19-13-8-4-5-9-13/h7,10-11,13H,2-6,8-9,12H2,1H3,(H,18,21)(H,19,22). The fourth-order valence-corrected chi connectivity index (χ4v) is 2.68. The van der Waals surface area contributed by atoms with Crippen molar-refractivity contribution in [3.8, 4) is 0 Å². The molecule has 0 radical (unpaired) electrons. The SMILES string of the molecule is CCCCCNC(=O)c1cccc(C(=O)NC2CCCC2)n1. The Morgan fingerprint density at radius 2 is 1.82 bits per heavy atom. The van der Waals surface area contributed by atoms with Crippen LogP contribution in [0, 0.1) is 0 Å². The molecule has 120 valence electrons. The van der Waals surface area contributed by atoms with Crippen LogP contribution < -0.4 is 10.6 Å². The molecule has 1 fully saturated rings. The van der Waals surface area contributed by atoms with E-state index in [0.29, 0.717) is 17.9 Å². The first-order valence-electron chi connectivity index (χ1n) is 8.27. The highest BCUT2D eigenvalue weighted by atomic mass is 16.2. The number of pyridine rings is 1. The quantitative estimate of drug-likeness (QED) is 0.761. The van der Waals surface area contributed by atoms with Gasteiger partial charge >= 0.3 is 0 Å². The first kappa shape index (κ1) is 16.5. The highest BCUT2D eigenvalue weighted by molar-refractivity contribution is 5.96. The van der Waals surface area contributed by atoms with Crippen molar-refractivity contribution in [3.05, 3.63) is 29.6 Å². The van der Waals surface area contributed by atoms with Crippen LogP contribution in [-0.2, 0) is 0 Å². The van der Waals surface area contributed by atoms with Gasteiger partial charge in [0.05, 0.1) is 0 Å². The van der Waals surface area contributed by atoms with E-state index >= 15 is 0 Å². The van der Waals surface area contributed by atoms with E-state index in [1.807, 2.05) is 0 Å². The summed E-state index contributed by atoms with van der Waals surface area (Å²) in [5, 5.41) is 5.83. The lowest BCUT2D eigenvalue weighted by Gasteiger charge is -2.11. The van der Waals surface area contributed by atoms with E-state index in [1.54, 1.807) is 18.2 Å². The predicted octanol–water partition coefficient (Wildman–Crippen LogP) is 2.67. The van der Waals surface area contributed by atoms with E-state index in [9.17, 15) is 9.59 Å². The van der Waals surface area contributed by atoms with Crippen molar-refractivity contribution >= 4 is 11.8 Å². The maximum atomic E-state index is 12.2. The van der Waals surface area contributed by atoms with Gasteiger partial charge in [0.1, 0.15) is 11.4 Å². The van der Waals surface area contributed by atoms with Gasteiger partial charge in [0.15, 0.2) is 0 Å². The molecule has 0 spiro atoms. The molecule has 2 amide bonds. The molecule has 2 N–H and O–H groups in total. The second kappa shape index (κ2) is 8.51. The molecule has 1 aromatic rings. The molecule has 5 heteroatoms. The molecule has 0 aromatic carbocycles. The van der Waals surface area contributed by atoms with Crippen molar-refractivity contribution in [2.75, 3.05) is 6.54 Å². The highest BCUT2D eigenvalue weighted by Gasteiger charge is 2.19. The van der Waals surface area contributed by atoms with Crippen LogP contribution in [0.25, 0.3) is 0 Å². The fourth-order valence-electron chi connectivity index (χ4n) is 2.68. The van der Waals surface area contributed by atoms with Crippen molar-refractivity contribution in [1.29, 1.82) is 0 Å². The summed E-state index contributed by atoms with van der Waals surface area (Å²) in [4.78, 5) is 28.4. The monoisotopic (exact) mass is 303 g/mol. The summed E-state index contributed by atoms with van der Waals surface area (Å²) in [5.41, 5.74) is 0.615. The average Bonchev–Trinajstić information content (AvgIpc) is 3.04. The summed E-state index contributed by atoms with van der Waals surface area (Å²) in [5.74, 6) is -0.404. The maximum absolute atomic E-state index is 12.2. The molecule has 0 unspecified atom stereocenters. The Morgan fingerprint density at radius 1 is 1.14 bits per heavy atom. The minimum Gasteiger partial charge on any atom is -0.351 e. The largest absolute Gasteiger partial charge is 0.351 e. The zero-order valence-electron chi connectivity index (χ0n) is 13.2. The molecule has 1 heterocycles. The number of aromatic nitrogens is 1. The lowest BCUT2D eigenvalue weighted by Crippen LogP contribution is -2.33. The predicted molar refractivity (Wildman–Crippen MR) is 85.8 cm³/mol. The molecule has 1 aliphatic carbocycles. The summed E-state index contributed by atoms with van der Waals surface area (Å²) in [6.07, 6.45) is 7.57. The first-order chi connectivity index (χ1) is 10.7. The number of unbranched alkanes of at least 4 members (excludes halogenated alkanes) is 2. The lowest BCUT2D eigenvalue weighted by atomic mass is 10.2. The number of carbonyl (C=O) groups excluding carboxylic acids is 2. The van der Waals surface area contributed by atoms with Crippen molar-refractivity contribution < 1.29 is 9.59 Å². The van der Waals surface area contributed by atoms with E-state index in [2.05, 4.69) is 22.5 Å². The Kier molecular flexibility index (Phi) is 6.37. The highest BCUT2D eigenvalue weighted by Crippen LogP contribution is 2.17. The smallest absolute Gasteiger partial charge is 0.270 e. The summed E-state index contributed by atoms with van der Waals surface area (Å²) < 4.78 is 0. The number of carbonyl (C=O) groups is 2. The zero-order valence-corrected chi connectivity index (χ0v) is 13.2. The van der Waals surface area contributed by atoms with E-state index in [4.69, 9.17) is 0 Å². The molecule has 0 atom stereocenters. The van der Waals surface area contributed by atoms with Gasteiger partial charge in [0.25, 0.3) is 11.8 Å². The molecule has 1 saturated carbocycles. The Bertz CT molecular complexity index is 510. The molecule has 1 aromatic heterocycles.